The number of hydrogen-bond acceptors (Lipinski definition) is 3. The van der Waals surface area contributed by atoms with Gasteiger partial charge in [0.2, 0.25) is 0 Å². The first-order chi connectivity index (χ1) is 5.97. The predicted molar refractivity (Wildman–Crippen MR) is 48.5 cm³/mol. The molecule has 0 aliphatic heterocycles. The van der Waals surface area contributed by atoms with Crippen LogP contribution in [0.25, 0.3) is 0 Å². The standard InChI is InChI=1S/C8H10FNO2S/c1-2-13(11,12)6-3-4-7(9)8(10)5-6/h3-5H,2,10H2,1H3. The fourth-order valence-electron chi connectivity index (χ4n) is 0.882. The third kappa shape index (κ3) is 1.98. The molecule has 0 saturated heterocycles. The Morgan fingerprint density at radius 3 is 2.54 bits per heavy atom. The third-order valence-electron chi connectivity index (χ3n) is 1.71. The van der Waals surface area contributed by atoms with Crippen molar-refractivity contribution < 1.29 is 12.8 Å². The van der Waals surface area contributed by atoms with Gasteiger partial charge < -0.3 is 5.73 Å². The summed E-state index contributed by atoms with van der Waals surface area (Å²) in [5.41, 5.74) is 5.09. The lowest BCUT2D eigenvalue weighted by molar-refractivity contribution is 0.596. The fraction of sp³-hybridized carbons (Fsp3) is 0.250. The van der Waals surface area contributed by atoms with Crippen LogP contribution in [0.3, 0.4) is 0 Å². The minimum Gasteiger partial charge on any atom is -0.396 e. The molecule has 0 fully saturated rings. The second-order valence-corrected chi connectivity index (χ2v) is 4.86. The van der Waals surface area contributed by atoms with Crippen molar-refractivity contribution in [1.82, 2.24) is 0 Å². The Bertz CT molecular complexity index is 414. The molecular formula is C8H10FNO2S. The molecule has 3 nitrogen and oxygen atoms in total. The highest BCUT2D eigenvalue weighted by Crippen LogP contribution is 2.17. The van der Waals surface area contributed by atoms with Gasteiger partial charge in [0.05, 0.1) is 16.3 Å². The zero-order valence-corrected chi connectivity index (χ0v) is 7.94. The Kier molecular flexibility index (Phi) is 2.56. The molecule has 0 radical (unpaired) electrons. The topological polar surface area (TPSA) is 60.2 Å². The monoisotopic (exact) mass is 203 g/mol. The van der Waals surface area contributed by atoms with Crippen LogP contribution in [0.1, 0.15) is 6.92 Å². The molecule has 13 heavy (non-hydrogen) atoms. The summed E-state index contributed by atoms with van der Waals surface area (Å²) in [6.07, 6.45) is 0. The highest BCUT2D eigenvalue weighted by Gasteiger charge is 2.12. The molecule has 1 rings (SSSR count). The minimum absolute atomic E-state index is 0.0158. The van der Waals surface area contributed by atoms with Gasteiger partial charge in [-0.3, -0.25) is 0 Å². The van der Waals surface area contributed by atoms with Crippen LogP contribution in [0.2, 0.25) is 0 Å². The number of benzene rings is 1. The zero-order valence-electron chi connectivity index (χ0n) is 7.12. The van der Waals surface area contributed by atoms with Crippen molar-refractivity contribution in [2.45, 2.75) is 11.8 Å². The lowest BCUT2D eigenvalue weighted by atomic mass is 10.3. The predicted octanol–water partition coefficient (Wildman–Crippen LogP) is 1.20. The van der Waals surface area contributed by atoms with Gasteiger partial charge in [-0.1, -0.05) is 6.92 Å². The van der Waals surface area contributed by atoms with Crippen LogP contribution >= 0.6 is 0 Å². The summed E-state index contributed by atoms with van der Waals surface area (Å²) >= 11 is 0. The summed E-state index contributed by atoms with van der Waals surface area (Å²) in [5, 5.41) is 0. The molecule has 0 bridgehead atoms. The van der Waals surface area contributed by atoms with Crippen molar-refractivity contribution >= 4 is 15.5 Å². The van der Waals surface area contributed by atoms with Crippen molar-refractivity contribution in [3.05, 3.63) is 24.0 Å². The lowest BCUT2D eigenvalue weighted by Crippen LogP contribution is -2.04. The van der Waals surface area contributed by atoms with E-state index in [0.717, 1.165) is 12.1 Å². The molecule has 0 aliphatic rings. The Labute approximate surface area is 76.3 Å². The molecule has 1 aromatic rings. The van der Waals surface area contributed by atoms with Gasteiger partial charge in [0.15, 0.2) is 9.84 Å². The van der Waals surface area contributed by atoms with Crippen molar-refractivity contribution in [3.8, 4) is 0 Å². The number of nitrogen functional groups attached to an aromatic ring is 1. The summed E-state index contributed by atoms with van der Waals surface area (Å²) in [6.45, 7) is 1.52. The van der Waals surface area contributed by atoms with Gasteiger partial charge in [0.1, 0.15) is 5.82 Å². The van der Waals surface area contributed by atoms with E-state index >= 15 is 0 Å². The van der Waals surface area contributed by atoms with Crippen molar-refractivity contribution in [2.75, 3.05) is 11.5 Å². The molecule has 0 amide bonds. The van der Waals surface area contributed by atoms with E-state index in [0.29, 0.717) is 0 Å². The number of rotatable bonds is 2. The Morgan fingerprint density at radius 1 is 1.46 bits per heavy atom. The van der Waals surface area contributed by atoms with Crippen molar-refractivity contribution in [3.63, 3.8) is 0 Å². The molecule has 5 heteroatoms. The molecule has 0 aromatic heterocycles. The van der Waals surface area contributed by atoms with Crippen LogP contribution in [-0.2, 0) is 9.84 Å². The van der Waals surface area contributed by atoms with E-state index in [2.05, 4.69) is 0 Å². The quantitative estimate of drug-likeness (QED) is 0.580. The van der Waals surface area contributed by atoms with Gasteiger partial charge in [-0.25, -0.2) is 12.8 Å². The van der Waals surface area contributed by atoms with Gasteiger partial charge in [0, 0.05) is 0 Å². The molecule has 72 valence electrons. The van der Waals surface area contributed by atoms with Crippen molar-refractivity contribution in [2.24, 2.45) is 0 Å². The number of nitrogens with two attached hydrogens (primary N) is 1. The first kappa shape index (κ1) is 9.98. The average molecular weight is 203 g/mol. The largest absolute Gasteiger partial charge is 0.396 e. The zero-order chi connectivity index (χ0) is 10.1. The summed E-state index contributed by atoms with van der Waals surface area (Å²) in [4.78, 5) is 0.0638. The molecule has 0 saturated carbocycles. The van der Waals surface area contributed by atoms with Crippen LogP contribution < -0.4 is 5.73 Å². The van der Waals surface area contributed by atoms with Gasteiger partial charge in [-0.05, 0) is 18.2 Å². The number of halogens is 1. The average Bonchev–Trinajstić information content (AvgIpc) is 2.09. The van der Waals surface area contributed by atoms with E-state index in [1.54, 1.807) is 0 Å². The lowest BCUT2D eigenvalue weighted by Gasteiger charge is -2.02. The highest BCUT2D eigenvalue weighted by atomic mass is 32.2. The van der Waals surface area contributed by atoms with E-state index < -0.39 is 15.7 Å². The minimum atomic E-state index is -3.28. The summed E-state index contributed by atoms with van der Waals surface area (Å²) in [5.74, 6) is -0.618. The summed E-state index contributed by atoms with van der Waals surface area (Å²) in [7, 11) is -3.28. The second-order valence-electron chi connectivity index (χ2n) is 2.59. The summed E-state index contributed by atoms with van der Waals surface area (Å²) in [6, 6.07) is 3.40. The fourth-order valence-corrected chi connectivity index (χ4v) is 1.80. The molecule has 2 N–H and O–H groups in total. The highest BCUT2D eigenvalue weighted by molar-refractivity contribution is 7.91. The first-order valence-corrected chi connectivity index (χ1v) is 5.40. The van der Waals surface area contributed by atoms with Gasteiger partial charge in [-0.15, -0.1) is 0 Å². The molecule has 1 aromatic carbocycles. The normalized spacial score (nSPS) is 11.5. The molecule has 0 unspecified atom stereocenters. The van der Waals surface area contributed by atoms with E-state index in [1.807, 2.05) is 0 Å². The Hall–Kier alpha value is -1.10. The Balaban J connectivity index is 3.27. The first-order valence-electron chi connectivity index (χ1n) is 3.75. The van der Waals surface area contributed by atoms with E-state index in [-0.39, 0.29) is 16.3 Å². The number of sulfone groups is 1. The smallest absolute Gasteiger partial charge is 0.178 e. The SMILES string of the molecule is CCS(=O)(=O)c1ccc(F)c(N)c1. The van der Waals surface area contributed by atoms with Crippen LogP contribution in [0.5, 0.6) is 0 Å². The summed E-state index contributed by atoms with van der Waals surface area (Å²) < 4.78 is 35.2. The maximum Gasteiger partial charge on any atom is 0.178 e. The van der Waals surface area contributed by atoms with Crippen LogP contribution in [0.4, 0.5) is 10.1 Å². The maximum atomic E-state index is 12.7. The molecule has 0 heterocycles. The Morgan fingerprint density at radius 2 is 2.08 bits per heavy atom. The van der Waals surface area contributed by atoms with Crippen molar-refractivity contribution in [1.29, 1.82) is 0 Å². The van der Waals surface area contributed by atoms with Crippen LogP contribution in [0.15, 0.2) is 23.1 Å². The molecule has 0 spiro atoms. The van der Waals surface area contributed by atoms with E-state index in [1.165, 1.54) is 13.0 Å². The molecule has 0 aliphatic carbocycles. The molecule has 0 atom stereocenters. The van der Waals surface area contributed by atoms with Gasteiger partial charge in [0.25, 0.3) is 0 Å². The second kappa shape index (κ2) is 3.33. The van der Waals surface area contributed by atoms with Crippen LogP contribution in [0, 0.1) is 5.82 Å². The van der Waals surface area contributed by atoms with Crippen LogP contribution in [-0.4, -0.2) is 14.2 Å². The number of anilines is 1. The van der Waals surface area contributed by atoms with Gasteiger partial charge in [-0.2, -0.15) is 0 Å². The van der Waals surface area contributed by atoms with E-state index in [9.17, 15) is 12.8 Å². The third-order valence-corrected chi connectivity index (χ3v) is 3.44. The van der Waals surface area contributed by atoms with E-state index in [4.69, 9.17) is 5.73 Å². The molecular weight excluding hydrogens is 193 g/mol. The number of hydrogen-bond donors (Lipinski definition) is 1. The maximum absolute atomic E-state index is 12.7. The van der Waals surface area contributed by atoms with Gasteiger partial charge >= 0.3 is 0 Å².